The Morgan fingerprint density at radius 2 is 2.14 bits per heavy atom. The summed E-state index contributed by atoms with van der Waals surface area (Å²) in [6.45, 7) is 1.37. The SMILES string of the molecule is NC(=O)c1ccc(Cl)c(NCc2ccc3c(c2)CCO3)c1. The van der Waals surface area contributed by atoms with Crippen molar-refractivity contribution in [3.8, 4) is 5.75 Å². The largest absolute Gasteiger partial charge is 0.493 e. The van der Waals surface area contributed by atoms with Crippen molar-refractivity contribution in [2.45, 2.75) is 13.0 Å². The van der Waals surface area contributed by atoms with Gasteiger partial charge in [-0.2, -0.15) is 0 Å². The van der Waals surface area contributed by atoms with Gasteiger partial charge in [-0.1, -0.05) is 23.7 Å². The Morgan fingerprint density at radius 1 is 1.29 bits per heavy atom. The standard InChI is InChI=1S/C16H15ClN2O2/c17-13-3-2-12(16(18)20)8-14(13)19-9-10-1-4-15-11(7-10)5-6-21-15/h1-4,7-8,19H,5-6,9H2,(H2,18,20). The normalized spacial score (nSPS) is 12.6. The Morgan fingerprint density at radius 3 is 2.95 bits per heavy atom. The third kappa shape index (κ3) is 2.95. The zero-order valence-corrected chi connectivity index (χ0v) is 12.1. The van der Waals surface area contributed by atoms with Crippen LogP contribution in [0.1, 0.15) is 21.5 Å². The van der Waals surface area contributed by atoms with Crippen molar-refractivity contribution < 1.29 is 9.53 Å². The Kier molecular flexibility index (Phi) is 3.71. The van der Waals surface area contributed by atoms with Crippen LogP contribution in [-0.2, 0) is 13.0 Å². The first-order chi connectivity index (χ1) is 10.1. The van der Waals surface area contributed by atoms with Crippen LogP contribution >= 0.6 is 11.6 Å². The summed E-state index contributed by atoms with van der Waals surface area (Å²) < 4.78 is 5.48. The fraction of sp³-hybridized carbons (Fsp3) is 0.188. The van der Waals surface area contributed by atoms with Gasteiger partial charge in [0.2, 0.25) is 5.91 Å². The summed E-state index contributed by atoms with van der Waals surface area (Å²) in [5.74, 6) is 0.497. The van der Waals surface area contributed by atoms with Crippen LogP contribution in [0.3, 0.4) is 0 Å². The van der Waals surface area contributed by atoms with Gasteiger partial charge in [0.25, 0.3) is 0 Å². The Labute approximate surface area is 127 Å². The van der Waals surface area contributed by atoms with Crippen LogP contribution in [0.2, 0.25) is 5.02 Å². The van der Waals surface area contributed by atoms with Crippen LogP contribution in [-0.4, -0.2) is 12.5 Å². The van der Waals surface area contributed by atoms with E-state index in [0.717, 1.165) is 24.3 Å². The highest BCUT2D eigenvalue weighted by Crippen LogP contribution is 2.27. The molecule has 0 spiro atoms. The van der Waals surface area contributed by atoms with E-state index in [2.05, 4.69) is 11.4 Å². The molecule has 0 atom stereocenters. The predicted molar refractivity (Wildman–Crippen MR) is 82.9 cm³/mol. The molecule has 0 radical (unpaired) electrons. The highest BCUT2D eigenvalue weighted by Gasteiger charge is 2.12. The Hall–Kier alpha value is -2.20. The Balaban J connectivity index is 1.75. The van der Waals surface area contributed by atoms with Gasteiger partial charge >= 0.3 is 0 Å². The predicted octanol–water partition coefficient (Wildman–Crippen LogP) is 2.99. The number of nitrogens with one attached hydrogen (secondary N) is 1. The first-order valence-corrected chi connectivity index (χ1v) is 7.09. The molecule has 0 fully saturated rings. The third-order valence-corrected chi connectivity index (χ3v) is 3.82. The van der Waals surface area contributed by atoms with Gasteiger partial charge in [-0.25, -0.2) is 0 Å². The number of primary amides is 1. The van der Waals surface area contributed by atoms with E-state index in [1.165, 1.54) is 5.56 Å². The van der Waals surface area contributed by atoms with Gasteiger partial charge in [-0.15, -0.1) is 0 Å². The second kappa shape index (κ2) is 5.66. The number of hydrogen-bond donors (Lipinski definition) is 2. The van der Waals surface area contributed by atoms with Gasteiger partial charge in [0, 0.05) is 18.5 Å². The van der Waals surface area contributed by atoms with Crippen LogP contribution in [0.4, 0.5) is 5.69 Å². The smallest absolute Gasteiger partial charge is 0.248 e. The number of carbonyl (C=O) groups excluding carboxylic acids is 1. The molecule has 1 heterocycles. The maximum absolute atomic E-state index is 11.2. The summed E-state index contributed by atoms with van der Waals surface area (Å²) in [6.07, 6.45) is 0.946. The lowest BCUT2D eigenvalue weighted by atomic mass is 10.1. The van der Waals surface area contributed by atoms with Gasteiger partial charge in [-0.3, -0.25) is 4.79 Å². The van der Waals surface area contributed by atoms with Gasteiger partial charge in [0.1, 0.15) is 5.75 Å². The summed E-state index contributed by atoms with van der Waals surface area (Å²) >= 11 is 6.13. The number of halogens is 1. The maximum Gasteiger partial charge on any atom is 0.248 e. The molecule has 2 aromatic carbocycles. The molecule has 0 saturated heterocycles. The van der Waals surface area contributed by atoms with Crippen LogP contribution in [0, 0.1) is 0 Å². The number of carbonyl (C=O) groups is 1. The molecule has 2 aromatic rings. The molecule has 21 heavy (non-hydrogen) atoms. The molecule has 5 heteroatoms. The molecular formula is C16H15ClN2O2. The van der Waals surface area contributed by atoms with E-state index in [-0.39, 0.29) is 0 Å². The molecule has 1 amide bonds. The van der Waals surface area contributed by atoms with E-state index in [4.69, 9.17) is 22.1 Å². The first kappa shape index (κ1) is 13.8. The minimum absolute atomic E-state index is 0.434. The van der Waals surface area contributed by atoms with Crippen molar-refractivity contribution in [3.05, 3.63) is 58.1 Å². The van der Waals surface area contributed by atoms with Crippen molar-refractivity contribution in [3.63, 3.8) is 0 Å². The molecule has 1 aliphatic rings. The average Bonchev–Trinajstić information content (AvgIpc) is 2.93. The van der Waals surface area contributed by atoms with Crippen molar-refractivity contribution in [2.75, 3.05) is 11.9 Å². The lowest BCUT2D eigenvalue weighted by molar-refractivity contribution is 0.100. The number of fused-ring (bicyclic) bond motifs is 1. The number of benzene rings is 2. The van der Waals surface area contributed by atoms with Crippen LogP contribution in [0.5, 0.6) is 5.75 Å². The quantitative estimate of drug-likeness (QED) is 0.912. The van der Waals surface area contributed by atoms with Crippen molar-refractivity contribution >= 4 is 23.2 Å². The molecule has 1 aliphatic heterocycles. The minimum Gasteiger partial charge on any atom is -0.493 e. The fourth-order valence-corrected chi connectivity index (χ4v) is 2.55. The van der Waals surface area contributed by atoms with E-state index < -0.39 is 5.91 Å². The summed E-state index contributed by atoms with van der Waals surface area (Å²) in [7, 11) is 0. The number of anilines is 1. The van der Waals surface area contributed by atoms with E-state index in [1.54, 1.807) is 18.2 Å². The summed E-state index contributed by atoms with van der Waals surface area (Å²) in [5.41, 5.74) is 8.78. The number of hydrogen-bond acceptors (Lipinski definition) is 3. The molecule has 0 unspecified atom stereocenters. The van der Waals surface area contributed by atoms with E-state index in [1.807, 2.05) is 12.1 Å². The zero-order chi connectivity index (χ0) is 14.8. The van der Waals surface area contributed by atoms with Gasteiger partial charge < -0.3 is 15.8 Å². The van der Waals surface area contributed by atoms with Crippen molar-refractivity contribution in [2.24, 2.45) is 5.73 Å². The highest BCUT2D eigenvalue weighted by atomic mass is 35.5. The van der Waals surface area contributed by atoms with Crippen molar-refractivity contribution in [1.82, 2.24) is 0 Å². The molecule has 4 nitrogen and oxygen atoms in total. The summed E-state index contributed by atoms with van der Waals surface area (Å²) in [4.78, 5) is 11.2. The van der Waals surface area contributed by atoms with Crippen LogP contribution in [0.25, 0.3) is 0 Å². The van der Waals surface area contributed by atoms with Gasteiger partial charge in [-0.05, 0) is 35.4 Å². The van der Waals surface area contributed by atoms with Crippen molar-refractivity contribution in [1.29, 1.82) is 0 Å². The highest BCUT2D eigenvalue weighted by molar-refractivity contribution is 6.33. The minimum atomic E-state index is -0.468. The average molecular weight is 303 g/mol. The molecular weight excluding hydrogens is 288 g/mol. The van der Waals surface area contributed by atoms with Crippen LogP contribution < -0.4 is 15.8 Å². The van der Waals surface area contributed by atoms with Crippen LogP contribution in [0.15, 0.2) is 36.4 Å². The lowest BCUT2D eigenvalue weighted by Crippen LogP contribution is -2.11. The molecule has 108 valence electrons. The monoisotopic (exact) mass is 302 g/mol. The summed E-state index contributed by atoms with van der Waals surface area (Å²) in [6, 6.07) is 11.1. The first-order valence-electron chi connectivity index (χ1n) is 6.71. The second-order valence-corrected chi connectivity index (χ2v) is 5.36. The lowest BCUT2D eigenvalue weighted by Gasteiger charge is -2.10. The summed E-state index contributed by atoms with van der Waals surface area (Å²) in [5, 5.41) is 3.79. The Bertz CT molecular complexity index is 701. The third-order valence-electron chi connectivity index (χ3n) is 3.49. The molecule has 0 aliphatic carbocycles. The maximum atomic E-state index is 11.2. The van der Waals surface area contributed by atoms with E-state index >= 15 is 0 Å². The number of ether oxygens (including phenoxy) is 1. The number of nitrogens with two attached hydrogens (primary N) is 1. The molecule has 0 saturated carbocycles. The second-order valence-electron chi connectivity index (χ2n) is 4.95. The number of amides is 1. The molecule has 0 bridgehead atoms. The fourth-order valence-electron chi connectivity index (χ4n) is 2.36. The number of rotatable bonds is 4. The van der Waals surface area contributed by atoms with Gasteiger partial charge in [0.05, 0.1) is 17.3 Å². The molecule has 3 N–H and O–H groups in total. The topological polar surface area (TPSA) is 64.4 Å². The van der Waals surface area contributed by atoms with E-state index in [9.17, 15) is 4.79 Å². The zero-order valence-electron chi connectivity index (χ0n) is 11.4. The van der Waals surface area contributed by atoms with Gasteiger partial charge in [0.15, 0.2) is 0 Å². The molecule has 0 aromatic heterocycles. The molecule has 3 rings (SSSR count). The van der Waals surface area contributed by atoms with E-state index in [0.29, 0.717) is 22.8 Å².